The van der Waals surface area contributed by atoms with Gasteiger partial charge in [-0.05, 0) is 31.2 Å². The van der Waals surface area contributed by atoms with E-state index in [1.165, 1.54) is 13.0 Å². The van der Waals surface area contributed by atoms with E-state index in [1.54, 1.807) is 42.5 Å². The van der Waals surface area contributed by atoms with Crippen LogP contribution in [0.3, 0.4) is 0 Å². The summed E-state index contributed by atoms with van der Waals surface area (Å²) in [6.45, 7) is 0.920. The fraction of sp³-hybridized carbons (Fsp3) is 0.150. The Bertz CT molecular complexity index is 976. The van der Waals surface area contributed by atoms with Gasteiger partial charge in [-0.1, -0.05) is 41.4 Å². The van der Waals surface area contributed by atoms with E-state index < -0.39 is 18.4 Å². The number of hydrogen-bond donors (Lipinski definition) is 1. The molecule has 2 rings (SSSR count). The summed E-state index contributed by atoms with van der Waals surface area (Å²) >= 11 is 12.0. The number of allylic oxidation sites excluding steroid dienone is 1. The van der Waals surface area contributed by atoms with Gasteiger partial charge in [0.1, 0.15) is 29.6 Å². The van der Waals surface area contributed by atoms with Gasteiger partial charge in [-0.15, -0.1) is 0 Å². The standard InChI is InChI=1S/C20H16Cl2N2O4/c1-12(24)16(9-23)18(25)11-28-20(26)15-4-2-3-5-19(15)27-10-13-6-7-14(21)8-17(13)22/h2-8H,10-11,24H2,1H3. The Morgan fingerprint density at radius 1 is 1.18 bits per heavy atom. The van der Waals surface area contributed by atoms with Gasteiger partial charge >= 0.3 is 5.97 Å². The SMILES string of the molecule is CC(N)=C(C#N)C(=O)COC(=O)c1ccccc1OCc1ccc(Cl)cc1Cl. The van der Waals surface area contributed by atoms with Gasteiger partial charge in [-0.2, -0.15) is 5.26 Å². The van der Waals surface area contributed by atoms with Crippen LogP contribution in [0.1, 0.15) is 22.8 Å². The molecule has 0 fully saturated rings. The molecule has 8 heteroatoms. The third kappa shape index (κ3) is 5.49. The zero-order valence-corrected chi connectivity index (χ0v) is 16.4. The number of ketones is 1. The van der Waals surface area contributed by atoms with Crippen LogP contribution in [0, 0.1) is 11.3 Å². The summed E-state index contributed by atoms with van der Waals surface area (Å²) in [4.78, 5) is 24.3. The maximum absolute atomic E-state index is 12.3. The minimum atomic E-state index is -0.766. The van der Waals surface area contributed by atoms with E-state index in [0.717, 1.165) is 0 Å². The molecule has 2 aromatic carbocycles. The number of Topliss-reactive ketones (excluding diaryl/α,β-unsaturated/α-hetero) is 1. The van der Waals surface area contributed by atoms with Gasteiger partial charge in [0.15, 0.2) is 6.61 Å². The number of carbonyl (C=O) groups is 2. The van der Waals surface area contributed by atoms with Gasteiger partial charge in [0, 0.05) is 21.3 Å². The molecule has 2 N–H and O–H groups in total. The van der Waals surface area contributed by atoms with E-state index in [1.807, 2.05) is 0 Å². The predicted octanol–water partition coefficient (Wildman–Crippen LogP) is 4.05. The van der Waals surface area contributed by atoms with Crippen LogP contribution >= 0.6 is 23.2 Å². The van der Waals surface area contributed by atoms with E-state index in [0.29, 0.717) is 15.6 Å². The summed E-state index contributed by atoms with van der Waals surface area (Å²) in [7, 11) is 0. The number of halogens is 2. The largest absolute Gasteiger partial charge is 0.488 e. The molecule has 0 unspecified atom stereocenters. The van der Waals surface area contributed by atoms with E-state index in [9.17, 15) is 9.59 Å². The first kappa shape index (κ1) is 21.3. The second-order valence-corrected chi connectivity index (χ2v) is 6.53. The monoisotopic (exact) mass is 418 g/mol. The third-order valence-corrected chi connectivity index (χ3v) is 4.21. The topological polar surface area (TPSA) is 102 Å². The molecule has 0 aliphatic heterocycles. The summed E-state index contributed by atoms with van der Waals surface area (Å²) < 4.78 is 10.7. The van der Waals surface area contributed by atoms with Crippen LogP contribution < -0.4 is 10.5 Å². The van der Waals surface area contributed by atoms with Crippen LogP contribution in [0.15, 0.2) is 53.7 Å². The van der Waals surface area contributed by atoms with Crippen LogP contribution in [-0.4, -0.2) is 18.4 Å². The lowest BCUT2D eigenvalue weighted by Gasteiger charge is -2.12. The highest BCUT2D eigenvalue weighted by Gasteiger charge is 2.18. The molecule has 0 saturated carbocycles. The summed E-state index contributed by atoms with van der Waals surface area (Å²) in [5.74, 6) is -1.18. The number of ether oxygens (including phenoxy) is 2. The quantitative estimate of drug-likeness (QED) is 0.413. The summed E-state index contributed by atoms with van der Waals surface area (Å²) in [6, 6.07) is 13.1. The number of rotatable bonds is 7. The number of benzene rings is 2. The van der Waals surface area contributed by atoms with Gasteiger partial charge in [-0.25, -0.2) is 4.79 Å². The Hall–Kier alpha value is -3.01. The van der Waals surface area contributed by atoms with Crippen LogP contribution in [0.4, 0.5) is 0 Å². The Labute approximate surface area is 172 Å². The van der Waals surface area contributed by atoms with Crippen molar-refractivity contribution in [3.05, 3.63) is 74.9 Å². The normalized spacial score (nSPS) is 11.2. The molecular formula is C20H16Cl2N2O4. The van der Waals surface area contributed by atoms with Crippen molar-refractivity contribution >= 4 is 35.0 Å². The number of nitriles is 1. The first-order valence-corrected chi connectivity index (χ1v) is 8.81. The highest BCUT2D eigenvalue weighted by molar-refractivity contribution is 6.35. The van der Waals surface area contributed by atoms with Gasteiger partial charge in [0.05, 0.1) is 0 Å². The molecule has 144 valence electrons. The van der Waals surface area contributed by atoms with Gasteiger partial charge in [0.25, 0.3) is 0 Å². The Morgan fingerprint density at radius 2 is 1.89 bits per heavy atom. The zero-order valence-electron chi connectivity index (χ0n) is 14.9. The average Bonchev–Trinajstić information content (AvgIpc) is 2.66. The maximum atomic E-state index is 12.3. The van der Waals surface area contributed by atoms with Crippen molar-refractivity contribution in [3.8, 4) is 11.8 Å². The van der Waals surface area contributed by atoms with Crippen molar-refractivity contribution < 1.29 is 19.1 Å². The van der Waals surface area contributed by atoms with Crippen molar-refractivity contribution in [2.45, 2.75) is 13.5 Å². The molecule has 0 amide bonds. The van der Waals surface area contributed by atoms with Crippen LogP contribution in [0.25, 0.3) is 0 Å². The third-order valence-electron chi connectivity index (χ3n) is 3.62. The van der Waals surface area contributed by atoms with E-state index in [4.69, 9.17) is 43.7 Å². The fourth-order valence-electron chi connectivity index (χ4n) is 2.21. The lowest BCUT2D eigenvalue weighted by atomic mass is 10.1. The summed E-state index contributed by atoms with van der Waals surface area (Å²) in [5.41, 5.74) is 6.10. The highest BCUT2D eigenvalue weighted by atomic mass is 35.5. The number of esters is 1. The number of carbonyl (C=O) groups excluding carboxylic acids is 2. The van der Waals surface area contributed by atoms with Crippen LogP contribution in [0.2, 0.25) is 10.0 Å². The van der Waals surface area contributed by atoms with Gasteiger partial charge in [0.2, 0.25) is 5.78 Å². The summed E-state index contributed by atoms with van der Waals surface area (Å²) in [6.07, 6.45) is 0. The first-order chi connectivity index (χ1) is 13.3. The Morgan fingerprint density at radius 3 is 2.54 bits per heavy atom. The van der Waals surface area contributed by atoms with Crippen molar-refractivity contribution in [3.63, 3.8) is 0 Å². The van der Waals surface area contributed by atoms with E-state index in [-0.39, 0.29) is 29.2 Å². The molecule has 28 heavy (non-hydrogen) atoms. The minimum absolute atomic E-state index is 0.0622. The van der Waals surface area contributed by atoms with Gasteiger partial charge in [-0.3, -0.25) is 4.79 Å². The second kappa shape index (κ2) is 9.79. The molecule has 0 spiro atoms. The number of nitrogens with zero attached hydrogens (tertiary/aromatic N) is 1. The zero-order chi connectivity index (χ0) is 20.7. The fourth-order valence-corrected chi connectivity index (χ4v) is 2.67. The molecule has 0 bridgehead atoms. The lowest BCUT2D eigenvalue weighted by molar-refractivity contribution is -0.118. The summed E-state index contributed by atoms with van der Waals surface area (Å²) in [5, 5.41) is 9.86. The average molecular weight is 419 g/mol. The highest BCUT2D eigenvalue weighted by Crippen LogP contribution is 2.25. The molecule has 0 saturated heterocycles. The molecule has 0 aliphatic carbocycles. The molecular weight excluding hydrogens is 403 g/mol. The molecule has 0 heterocycles. The maximum Gasteiger partial charge on any atom is 0.342 e. The lowest BCUT2D eigenvalue weighted by Crippen LogP contribution is -2.18. The molecule has 0 atom stereocenters. The van der Waals surface area contributed by atoms with Crippen LogP contribution in [-0.2, 0) is 16.1 Å². The molecule has 6 nitrogen and oxygen atoms in total. The number of nitrogens with two attached hydrogens (primary N) is 1. The van der Waals surface area contributed by atoms with E-state index >= 15 is 0 Å². The Balaban J connectivity index is 2.08. The predicted molar refractivity (Wildman–Crippen MR) is 105 cm³/mol. The first-order valence-electron chi connectivity index (χ1n) is 8.06. The van der Waals surface area contributed by atoms with Crippen molar-refractivity contribution in [2.75, 3.05) is 6.61 Å². The number of hydrogen-bond acceptors (Lipinski definition) is 6. The smallest absolute Gasteiger partial charge is 0.342 e. The van der Waals surface area contributed by atoms with Crippen LogP contribution in [0.5, 0.6) is 5.75 Å². The molecule has 0 radical (unpaired) electrons. The molecule has 0 aliphatic rings. The molecule has 2 aromatic rings. The van der Waals surface area contributed by atoms with Crippen molar-refractivity contribution in [1.29, 1.82) is 5.26 Å². The van der Waals surface area contributed by atoms with Crippen molar-refractivity contribution in [1.82, 2.24) is 0 Å². The minimum Gasteiger partial charge on any atom is -0.488 e. The second-order valence-electron chi connectivity index (χ2n) is 5.69. The Kier molecular flexibility index (Phi) is 7.44. The molecule has 0 aromatic heterocycles. The van der Waals surface area contributed by atoms with Gasteiger partial charge < -0.3 is 15.2 Å². The number of para-hydroxylation sites is 1. The van der Waals surface area contributed by atoms with E-state index in [2.05, 4.69) is 0 Å². The van der Waals surface area contributed by atoms with Crippen molar-refractivity contribution in [2.24, 2.45) is 5.73 Å².